The molecule has 0 saturated heterocycles. The Morgan fingerprint density at radius 1 is 1.27 bits per heavy atom. The minimum absolute atomic E-state index is 0.171. The molecule has 0 aliphatic carbocycles. The van der Waals surface area contributed by atoms with Gasteiger partial charge < -0.3 is 4.74 Å². The Hall–Kier alpha value is -1.15. The van der Waals surface area contributed by atoms with Crippen LogP contribution in [0.3, 0.4) is 0 Å². The highest BCUT2D eigenvalue weighted by Crippen LogP contribution is 2.09. The average molecular weight is 206 g/mol. The Kier molecular flexibility index (Phi) is 5.05. The molecule has 0 atom stereocenters. The van der Waals surface area contributed by atoms with Crippen LogP contribution in [-0.4, -0.2) is 19.0 Å². The molecule has 0 heterocycles. The van der Waals surface area contributed by atoms with Crippen LogP contribution in [0, 0.1) is 6.92 Å². The molecule has 0 fully saturated rings. The van der Waals surface area contributed by atoms with Gasteiger partial charge in [0.15, 0.2) is 5.78 Å². The van der Waals surface area contributed by atoms with Crippen molar-refractivity contribution in [1.29, 1.82) is 0 Å². The summed E-state index contributed by atoms with van der Waals surface area (Å²) >= 11 is 0. The first-order chi connectivity index (χ1) is 7.25. The van der Waals surface area contributed by atoms with Crippen molar-refractivity contribution in [1.82, 2.24) is 0 Å². The van der Waals surface area contributed by atoms with E-state index in [1.807, 2.05) is 31.2 Å². The van der Waals surface area contributed by atoms with Crippen LogP contribution in [0.25, 0.3) is 0 Å². The summed E-state index contributed by atoms with van der Waals surface area (Å²) in [7, 11) is 0. The van der Waals surface area contributed by atoms with E-state index >= 15 is 0 Å². The Bertz CT molecular complexity index is 318. The lowest BCUT2D eigenvalue weighted by Gasteiger charge is -2.04. The normalized spacial score (nSPS) is 10.3. The molecule has 0 saturated carbocycles. The van der Waals surface area contributed by atoms with Gasteiger partial charge in [-0.3, -0.25) is 4.79 Å². The summed E-state index contributed by atoms with van der Waals surface area (Å²) in [5.74, 6) is 0.171. The van der Waals surface area contributed by atoms with Gasteiger partial charge in [0, 0.05) is 18.6 Å². The van der Waals surface area contributed by atoms with Crippen LogP contribution >= 0.6 is 0 Å². The summed E-state index contributed by atoms with van der Waals surface area (Å²) in [4.78, 5) is 11.7. The molecule has 2 nitrogen and oxygen atoms in total. The third kappa shape index (κ3) is 3.84. The van der Waals surface area contributed by atoms with Crippen LogP contribution in [-0.2, 0) is 4.74 Å². The summed E-state index contributed by atoms with van der Waals surface area (Å²) in [6, 6.07) is 7.67. The fourth-order valence-corrected chi connectivity index (χ4v) is 1.43. The van der Waals surface area contributed by atoms with Crippen LogP contribution < -0.4 is 0 Å². The second-order valence-electron chi connectivity index (χ2n) is 3.60. The molecule has 1 rings (SSSR count). The summed E-state index contributed by atoms with van der Waals surface area (Å²) in [6.07, 6.45) is 1.48. The Morgan fingerprint density at radius 3 is 2.67 bits per heavy atom. The minimum Gasteiger partial charge on any atom is -0.381 e. The summed E-state index contributed by atoms with van der Waals surface area (Å²) in [5, 5.41) is 0. The number of carbonyl (C=O) groups excluding carboxylic acids is 1. The number of aryl methyl sites for hydroxylation is 1. The van der Waals surface area contributed by atoms with Crippen molar-refractivity contribution in [2.45, 2.75) is 26.7 Å². The van der Waals surface area contributed by atoms with E-state index in [-0.39, 0.29) is 5.78 Å². The first-order valence-corrected chi connectivity index (χ1v) is 5.42. The van der Waals surface area contributed by atoms with Crippen molar-refractivity contribution < 1.29 is 9.53 Å². The smallest absolute Gasteiger partial charge is 0.165 e. The third-order valence-corrected chi connectivity index (χ3v) is 2.27. The lowest BCUT2D eigenvalue weighted by Crippen LogP contribution is -2.06. The Balaban J connectivity index is 2.44. The predicted molar refractivity (Wildman–Crippen MR) is 61.2 cm³/mol. The molecule has 0 aliphatic rings. The molecular formula is C13H18O2. The van der Waals surface area contributed by atoms with Gasteiger partial charge in [0.2, 0.25) is 0 Å². The van der Waals surface area contributed by atoms with E-state index in [4.69, 9.17) is 4.74 Å². The molecule has 0 N–H and O–H groups in total. The maximum absolute atomic E-state index is 11.7. The van der Waals surface area contributed by atoms with Crippen LogP contribution in [0.1, 0.15) is 35.7 Å². The van der Waals surface area contributed by atoms with Gasteiger partial charge in [0.05, 0.1) is 6.61 Å². The molecule has 2 heteroatoms. The topological polar surface area (TPSA) is 26.3 Å². The number of hydrogen-bond acceptors (Lipinski definition) is 2. The molecule has 0 aromatic heterocycles. The zero-order chi connectivity index (χ0) is 11.1. The number of ketones is 1. The highest BCUT2D eigenvalue weighted by Gasteiger charge is 2.07. The van der Waals surface area contributed by atoms with E-state index in [0.717, 1.165) is 24.2 Å². The molecule has 0 spiro atoms. The van der Waals surface area contributed by atoms with Crippen LogP contribution in [0.5, 0.6) is 0 Å². The first kappa shape index (κ1) is 11.9. The number of rotatable bonds is 6. The Morgan fingerprint density at radius 2 is 2.00 bits per heavy atom. The zero-order valence-electron chi connectivity index (χ0n) is 9.45. The summed E-state index contributed by atoms with van der Waals surface area (Å²) in [5.41, 5.74) is 1.86. The van der Waals surface area contributed by atoms with Crippen LogP contribution in [0.2, 0.25) is 0 Å². The van der Waals surface area contributed by atoms with Gasteiger partial charge in [0.25, 0.3) is 0 Å². The van der Waals surface area contributed by atoms with Gasteiger partial charge in [0.1, 0.15) is 0 Å². The van der Waals surface area contributed by atoms with Gasteiger partial charge in [-0.05, 0) is 18.9 Å². The molecule has 1 aromatic carbocycles. The van der Waals surface area contributed by atoms with Crippen molar-refractivity contribution in [2.24, 2.45) is 0 Å². The highest BCUT2D eigenvalue weighted by molar-refractivity contribution is 5.97. The minimum atomic E-state index is 0.171. The summed E-state index contributed by atoms with van der Waals surface area (Å²) < 4.78 is 5.29. The molecule has 0 radical (unpaired) electrons. The Labute approximate surface area is 91.3 Å². The van der Waals surface area contributed by atoms with E-state index < -0.39 is 0 Å². The average Bonchev–Trinajstić information content (AvgIpc) is 2.25. The number of benzene rings is 1. The van der Waals surface area contributed by atoms with Crippen LogP contribution in [0.4, 0.5) is 0 Å². The van der Waals surface area contributed by atoms with Gasteiger partial charge in [-0.25, -0.2) is 0 Å². The second-order valence-corrected chi connectivity index (χ2v) is 3.60. The quantitative estimate of drug-likeness (QED) is 0.528. The monoisotopic (exact) mass is 206 g/mol. The summed E-state index contributed by atoms with van der Waals surface area (Å²) in [6.45, 7) is 5.28. The van der Waals surface area contributed by atoms with Crippen molar-refractivity contribution in [3.63, 3.8) is 0 Å². The van der Waals surface area contributed by atoms with Gasteiger partial charge in [-0.1, -0.05) is 31.2 Å². The van der Waals surface area contributed by atoms with Crippen LogP contribution in [0.15, 0.2) is 24.3 Å². The fraction of sp³-hybridized carbons (Fsp3) is 0.462. The molecule has 0 bridgehead atoms. The number of Topliss-reactive ketones (excluding diaryl/α,β-unsaturated/α-hetero) is 1. The van der Waals surface area contributed by atoms with E-state index in [1.54, 1.807) is 0 Å². The van der Waals surface area contributed by atoms with E-state index in [2.05, 4.69) is 6.92 Å². The standard InChI is InChI=1S/C13H18O2/c1-3-9-15-10-8-13(14)12-7-5-4-6-11(12)2/h4-7H,3,8-10H2,1-2H3. The molecular weight excluding hydrogens is 188 g/mol. The van der Waals surface area contributed by atoms with E-state index in [1.165, 1.54) is 0 Å². The molecule has 0 aliphatic heterocycles. The van der Waals surface area contributed by atoms with Crippen molar-refractivity contribution in [2.75, 3.05) is 13.2 Å². The maximum Gasteiger partial charge on any atom is 0.165 e. The lowest BCUT2D eigenvalue weighted by molar-refractivity contribution is 0.0878. The maximum atomic E-state index is 11.7. The largest absolute Gasteiger partial charge is 0.381 e. The number of hydrogen-bond donors (Lipinski definition) is 0. The molecule has 15 heavy (non-hydrogen) atoms. The zero-order valence-corrected chi connectivity index (χ0v) is 9.45. The van der Waals surface area contributed by atoms with Crippen molar-refractivity contribution in [3.8, 4) is 0 Å². The lowest BCUT2D eigenvalue weighted by atomic mass is 10.0. The van der Waals surface area contributed by atoms with Gasteiger partial charge in [-0.15, -0.1) is 0 Å². The van der Waals surface area contributed by atoms with Gasteiger partial charge >= 0.3 is 0 Å². The number of carbonyl (C=O) groups is 1. The molecule has 0 unspecified atom stereocenters. The predicted octanol–water partition coefficient (Wildman–Crippen LogP) is 2.99. The van der Waals surface area contributed by atoms with E-state index in [9.17, 15) is 4.79 Å². The molecule has 82 valence electrons. The fourth-order valence-electron chi connectivity index (χ4n) is 1.43. The highest BCUT2D eigenvalue weighted by atomic mass is 16.5. The SMILES string of the molecule is CCCOCCC(=O)c1ccccc1C. The second kappa shape index (κ2) is 6.36. The van der Waals surface area contributed by atoms with E-state index in [0.29, 0.717) is 13.0 Å². The third-order valence-electron chi connectivity index (χ3n) is 2.27. The van der Waals surface area contributed by atoms with Crippen molar-refractivity contribution >= 4 is 5.78 Å². The van der Waals surface area contributed by atoms with Crippen molar-refractivity contribution in [3.05, 3.63) is 35.4 Å². The first-order valence-electron chi connectivity index (χ1n) is 5.42. The van der Waals surface area contributed by atoms with Gasteiger partial charge in [-0.2, -0.15) is 0 Å². The molecule has 1 aromatic rings. The number of ether oxygens (including phenoxy) is 1. The molecule has 0 amide bonds.